The smallest absolute Gasteiger partial charge is 0.273 e. The number of hydrogen-bond donors (Lipinski definition) is 1. The molecule has 0 spiro atoms. The lowest BCUT2D eigenvalue weighted by Crippen LogP contribution is -2.59. The number of carbonyl (C=O) groups excluding carboxylic acids is 1. The van der Waals surface area contributed by atoms with Crippen LogP contribution in [-0.4, -0.2) is 44.9 Å². The van der Waals surface area contributed by atoms with E-state index in [1.807, 2.05) is 6.07 Å². The number of carbonyl (C=O) groups is 1. The summed E-state index contributed by atoms with van der Waals surface area (Å²) in [4.78, 5) is 14.6. The van der Waals surface area contributed by atoms with E-state index in [0.717, 1.165) is 25.9 Å². The highest BCUT2D eigenvalue weighted by atomic mass is 16.2. The maximum Gasteiger partial charge on any atom is 0.273 e. The molecular formula is C17H21N5O. The summed E-state index contributed by atoms with van der Waals surface area (Å²) in [7, 11) is 0. The number of hydrogen-bond acceptors (Lipinski definition) is 4. The van der Waals surface area contributed by atoms with E-state index < -0.39 is 0 Å². The minimum Gasteiger partial charge on any atom is -0.345 e. The second kappa shape index (κ2) is 5.77. The van der Waals surface area contributed by atoms with Crippen molar-refractivity contribution in [3.63, 3.8) is 0 Å². The lowest BCUT2D eigenvalue weighted by Gasteiger charge is -2.43. The highest BCUT2D eigenvalue weighted by Crippen LogP contribution is 2.33. The molecule has 1 amide bonds. The van der Waals surface area contributed by atoms with Crippen LogP contribution in [0.15, 0.2) is 36.5 Å². The van der Waals surface area contributed by atoms with Gasteiger partial charge in [0.25, 0.3) is 5.91 Å². The number of benzene rings is 1. The van der Waals surface area contributed by atoms with Crippen LogP contribution in [-0.2, 0) is 0 Å². The van der Waals surface area contributed by atoms with Gasteiger partial charge in [-0.2, -0.15) is 0 Å². The van der Waals surface area contributed by atoms with Crippen molar-refractivity contribution >= 4 is 5.91 Å². The normalized spacial score (nSPS) is 20.0. The molecule has 6 nitrogen and oxygen atoms in total. The van der Waals surface area contributed by atoms with Crippen molar-refractivity contribution in [3.05, 3.63) is 47.8 Å². The topological polar surface area (TPSA) is 63.1 Å². The number of nitrogens with one attached hydrogen (secondary N) is 1. The summed E-state index contributed by atoms with van der Waals surface area (Å²) >= 11 is 0. The van der Waals surface area contributed by atoms with Crippen molar-refractivity contribution in [1.29, 1.82) is 0 Å². The van der Waals surface area contributed by atoms with Crippen LogP contribution in [0.1, 0.15) is 47.9 Å². The molecule has 1 aromatic heterocycles. The van der Waals surface area contributed by atoms with Gasteiger partial charge in [0.1, 0.15) is 0 Å². The van der Waals surface area contributed by atoms with E-state index in [1.54, 1.807) is 10.9 Å². The molecule has 1 saturated heterocycles. The highest BCUT2D eigenvalue weighted by Gasteiger charge is 2.33. The molecule has 2 heterocycles. The van der Waals surface area contributed by atoms with E-state index in [0.29, 0.717) is 17.8 Å². The number of aromatic nitrogens is 3. The SMILES string of the molecule is C[C@@H](c1ccccc1)N1CC(NC(=O)c2cn(C3CC3)nn2)C1. The first-order chi connectivity index (χ1) is 11.2. The Labute approximate surface area is 135 Å². The van der Waals surface area contributed by atoms with Gasteiger partial charge in [0.2, 0.25) is 0 Å². The third kappa shape index (κ3) is 2.99. The van der Waals surface area contributed by atoms with Gasteiger partial charge in [-0.15, -0.1) is 5.10 Å². The lowest BCUT2D eigenvalue weighted by atomic mass is 10.0. The van der Waals surface area contributed by atoms with E-state index in [1.165, 1.54) is 5.56 Å². The molecule has 1 aromatic carbocycles. The van der Waals surface area contributed by atoms with Crippen molar-refractivity contribution in [2.24, 2.45) is 0 Å². The third-order valence-corrected chi connectivity index (χ3v) is 4.74. The quantitative estimate of drug-likeness (QED) is 0.914. The highest BCUT2D eigenvalue weighted by molar-refractivity contribution is 5.92. The maximum atomic E-state index is 12.2. The maximum absolute atomic E-state index is 12.2. The minimum atomic E-state index is -0.117. The summed E-state index contributed by atoms with van der Waals surface area (Å²) in [5.41, 5.74) is 1.73. The summed E-state index contributed by atoms with van der Waals surface area (Å²) in [6.45, 7) is 3.95. The molecule has 4 rings (SSSR count). The zero-order valence-electron chi connectivity index (χ0n) is 13.2. The van der Waals surface area contributed by atoms with Gasteiger partial charge in [-0.05, 0) is 25.3 Å². The van der Waals surface area contributed by atoms with Crippen LogP contribution < -0.4 is 5.32 Å². The van der Waals surface area contributed by atoms with Crippen LogP contribution in [0.2, 0.25) is 0 Å². The fourth-order valence-corrected chi connectivity index (χ4v) is 3.02. The average molecular weight is 311 g/mol. The Bertz CT molecular complexity index is 688. The van der Waals surface area contributed by atoms with E-state index in [4.69, 9.17) is 0 Å². The summed E-state index contributed by atoms with van der Waals surface area (Å²) in [6.07, 6.45) is 4.04. The molecule has 120 valence electrons. The van der Waals surface area contributed by atoms with E-state index in [-0.39, 0.29) is 11.9 Å². The summed E-state index contributed by atoms with van der Waals surface area (Å²) in [5.74, 6) is -0.117. The van der Waals surface area contributed by atoms with Crippen molar-refractivity contribution < 1.29 is 4.79 Å². The minimum absolute atomic E-state index is 0.117. The standard InChI is InChI=1S/C17H21N5O/c1-12(13-5-3-2-4-6-13)21-9-14(10-21)18-17(23)16-11-22(20-19-16)15-7-8-15/h2-6,11-12,14-15H,7-10H2,1H3,(H,18,23)/t12-/m0/s1. The molecule has 6 heteroatoms. The Morgan fingerprint density at radius 2 is 2.00 bits per heavy atom. The largest absolute Gasteiger partial charge is 0.345 e. The second-order valence-electron chi connectivity index (χ2n) is 6.53. The van der Waals surface area contributed by atoms with Crippen LogP contribution in [0.5, 0.6) is 0 Å². The molecule has 1 N–H and O–H groups in total. The zero-order chi connectivity index (χ0) is 15.8. The lowest BCUT2D eigenvalue weighted by molar-refractivity contribution is 0.0672. The zero-order valence-corrected chi connectivity index (χ0v) is 13.2. The van der Waals surface area contributed by atoms with Gasteiger partial charge < -0.3 is 5.32 Å². The number of amides is 1. The predicted molar refractivity (Wildman–Crippen MR) is 86.0 cm³/mol. The van der Waals surface area contributed by atoms with Crippen LogP contribution >= 0.6 is 0 Å². The van der Waals surface area contributed by atoms with Gasteiger partial charge in [-0.1, -0.05) is 35.5 Å². The average Bonchev–Trinajstić information content (AvgIpc) is 3.27. The molecule has 0 unspecified atom stereocenters. The number of likely N-dealkylation sites (tertiary alicyclic amines) is 1. The van der Waals surface area contributed by atoms with E-state index in [2.05, 4.69) is 51.7 Å². The number of nitrogens with zero attached hydrogens (tertiary/aromatic N) is 4. The molecule has 23 heavy (non-hydrogen) atoms. The van der Waals surface area contributed by atoms with Crippen LogP contribution in [0, 0.1) is 0 Å². The third-order valence-electron chi connectivity index (χ3n) is 4.74. The predicted octanol–water partition coefficient (Wildman–Crippen LogP) is 1.79. The monoisotopic (exact) mass is 311 g/mol. The fourth-order valence-electron chi connectivity index (χ4n) is 3.02. The van der Waals surface area contributed by atoms with Crippen LogP contribution in [0.25, 0.3) is 0 Å². The molecule has 1 saturated carbocycles. The Morgan fingerprint density at radius 3 is 2.70 bits per heavy atom. The van der Waals surface area contributed by atoms with Gasteiger partial charge in [0, 0.05) is 19.1 Å². The second-order valence-corrected chi connectivity index (χ2v) is 6.53. The Morgan fingerprint density at radius 1 is 1.26 bits per heavy atom. The van der Waals surface area contributed by atoms with Crippen molar-refractivity contribution in [2.75, 3.05) is 13.1 Å². The van der Waals surface area contributed by atoms with Crippen LogP contribution in [0.3, 0.4) is 0 Å². The van der Waals surface area contributed by atoms with Gasteiger partial charge in [0.05, 0.1) is 18.3 Å². The molecule has 2 fully saturated rings. The van der Waals surface area contributed by atoms with Gasteiger partial charge in [-0.3, -0.25) is 9.69 Å². The van der Waals surface area contributed by atoms with Crippen molar-refractivity contribution in [2.45, 2.75) is 37.9 Å². The molecular weight excluding hydrogens is 290 g/mol. The van der Waals surface area contributed by atoms with Gasteiger partial charge in [-0.25, -0.2) is 4.68 Å². The molecule has 0 bridgehead atoms. The summed E-state index contributed by atoms with van der Waals surface area (Å²) in [6, 6.07) is 11.5. The van der Waals surface area contributed by atoms with Gasteiger partial charge in [0.15, 0.2) is 5.69 Å². The van der Waals surface area contributed by atoms with Crippen molar-refractivity contribution in [3.8, 4) is 0 Å². The molecule has 2 aliphatic rings. The Kier molecular flexibility index (Phi) is 3.61. The van der Waals surface area contributed by atoms with E-state index >= 15 is 0 Å². The van der Waals surface area contributed by atoms with Crippen molar-refractivity contribution in [1.82, 2.24) is 25.2 Å². The van der Waals surface area contributed by atoms with Gasteiger partial charge >= 0.3 is 0 Å². The fraction of sp³-hybridized carbons (Fsp3) is 0.471. The summed E-state index contributed by atoms with van der Waals surface area (Å²) < 4.78 is 1.81. The molecule has 1 aliphatic heterocycles. The summed E-state index contributed by atoms with van der Waals surface area (Å²) in [5, 5.41) is 11.1. The molecule has 2 aromatic rings. The first kappa shape index (κ1) is 14.4. The first-order valence-corrected chi connectivity index (χ1v) is 8.22. The molecule has 1 aliphatic carbocycles. The Balaban J connectivity index is 1.29. The Hall–Kier alpha value is -2.21. The van der Waals surface area contributed by atoms with E-state index in [9.17, 15) is 4.79 Å². The number of rotatable bonds is 5. The molecule has 1 atom stereocenters. The first-order valence-electron chi connectivity index (χ1n) is 8.22. The molecule has 0 radical (unpaired) electrons. The van der Waals surface area contributed by atoms with Crippen LogP contribution in [0.4, 0.5) is 0 Å².